The van der Waals surface area contributed by atoms with Crippen molar-refractivity contribution in [1.82, 2.24) is 0 Å². The molecule has 0 heterocycles. The third-order valence-electron chi connectivity index (χ3n) is 1.75. The molecule has 1 rings (SSSR count). The fourth-order valence-electron chi connectivity index (χ4n) is 1.20. The average Bonchev–Trinajstić information content (AvgIpc) is 2.17. The van der Waals surface area contributed by atoms with Crippen molar-refractivity contribution in [3.63, 3.8) is 0 Å². The highest BCUT2D eigenvalue weighted by Gasteiger charge is 2.10. The molecule has 2 N–H and O–H groups in total. The van der Waals surface area contributed by atoms with Crippen LogP contribution in [0.3, 0.4) is 0 Å². The van der Waals surface area contributed by atoms with Crippen LogP contribution in [-0.4, -0.2) is 17.9 Å². The zero-order chi connectivity index (χ0) is 10.6. The minimum Gasteiger partial charge on any atom is -0.496 e. The first-order valence-corrected chi connectivity index (χ1v) is 5.69. The van der Waals surface area contributed by atoms with Crippen molar-refractivity contribution in [3.8, 4) is 5.75 Å². The van der Waals surface area contributed by atoms with Crippen molar-refractivity contribution in [2.24, 2.45) is 5.73 Å². The quantitative estimate of drug-likeness (QED) is 0.633. The number of benzene rings is 1. The maximum absolute atomic E-state index is 5.66. The van der Waals surface area contributed by atoms with Gasteiger partial charge in [0.25, 0.3) is 0 Å². The zero-order valence-electron chi connectivity index (χ0n) is 8.24. The van der Waals surface area contributed by atoms with Gasteiger partial charge >= 0.3 is 0 Å². The number of nitrogens with two attached hydrogens (primary N) is 1. The first-order chi connectivity index (χ1) is 6.70. The van der Waals surface area contributed by atoms with Crippen molar-refractivity contribution in [3.05, 3.63) is 23.8 Å². The molecule has 4 heteroatoms. The van der Waals surface area contributed by atoms with E-state index in [-0.39, 0.29) is 0 Å². The summed E-state index contributed by atoms with van der Waals surface area (Å²) in [5.41, 5.74) is 6.50. The number of hydrogen-bond acceptors (Lipinski definition) is 3. The second-order valence-corrected chi connectivity index (χ2v) is 4.38. The molecule has 0 aliphatic heterocycles. The van der Waals surface area contributed by atoms with Crippen LogP contribution in [-0.2, 0) is 0 Å². The van der Waals surface area contributed by atoms with Crippen LogP contribution in [0.1, 0.15) is 12.5 Å². The van der Waals surface area contributed by atoms with E-state index in [1.54, 1.807) is 18.9 Å². The second kappa shape index (κ2) is 5.22. The predicted octanol–water partition coefficient (Wildman–Crippen LogP) is 2.44. The maximum atomic E-state index is 5.66. The molecule has 0 aliphatic carbocycles. The van der Waals surface area contributed by atoms with E-state index in [4.69, 9.17) is 22.7 Å². The van der Waals surface area contributed by atoms with E-state index in [0.29, 0.717) is 4.99 Å². The molecule has 0 aromatic heterocycles. The lowest BCUT2D eigenvalue weighted by atomic mass is 10.2. The Balaban J connectivity index is 3.20. The monoisotopic (exact) mass is 227 g/mol. The van der Waals surface area contributed by atoms with Gasteiger partial charge in [-0.1, -0.05) is 25.2 Å². The van der Waals surface area contributed by atoms with E-state index >= 15 is 0 Å². The highest BCUT2D eigenvalue weighted by atomic mass is 32.2. The van der Waals surface area contributed by atoms with Gasteiger partial charge in [-0.15, -0.1) is 11.8 Å². The molecule has 0 fully saturated rings. The molecule has 0 aliphatic rings. The molecule has 76 valence electrons. The lowest BCUT2D eigenvalue weighted by Crippen LogP contribution is -2.12. The van der Waals surface area contributed by atoms with Gasteiger partial charge in [0, 0.05) is 4.90 Å². The summed E-state index contributed by atoms with van der Waals surface area (Å²) >= 11 is 6.71. The summed E-state index contributed by atoms with van der Waals surface area (Å²) in [5, 5.41) is 0. The maximum Gasteiger partial charge on any atom is 0.130 e. The first kappa shape index (κ1) is 11.3. The smallest absolute Gasteiger partial charge is 0.130 e. The standard InChI is InChI=1S/C10H13NOS2/c1-3-14-8-6-4-5-7(12-2)9(8)10(11)13/h4-6H,3H2,1-2H3,(H2,11,13). The Bertz CT molecular complexity index is 339. The fourth-order valence-corrected chi connectivity index (χ4v) is 2.32. The average molecular weight is 227 g/mol. The Hall–Kier alpha value is -0.740. The lowest BCUT2D eigenvalue weighted by molar-refractivity contribution is 0.413. The van der Waals surface area contributed by atoms with Gasteiger partial charge in [0.05, 0.1) is 12.7 Å². The number of ether oxygens (including phenoxy) is 1. The normalized spacial score (nSPS) is 9.86. The largest absolute Gasteiger partial charge is 0.496 e. The molecule has 0 saturated carbocycles. The molecule has 1 aromatic rings. The van der Waals surface area contributed by atoms with E-state index in [1.807, 2.05) is 18.2 Å². The van der Waals surface area contributed by atoms with E-state index in [9.17, 15) is 0 Å². The van der Waals surface area contributed by atoms with Crippen LogP contribution >= 0.6 is 24.0 Å². The van der Waals surface area contributed by atoms with Crippen LogP contribution in [0, 0.1) is 0 Å². The van der Waals surface area contributed by atoms with Gasteiger partial charge in [0.1, 0.15) is 10.7 Å². The minimum absolute atomic E-state index is 0.387. The summed E-state index contributed by atoms with van der Waals surface area (Å²) in [6.45, 7) is 2.09. The van der Waals surface area contributed by atoms with E-state index in [0.717, 1.165) is 22.0 Å². The van der Waals surface area contributed by atoms with Crippen molar-refractivity contribution in [1.29, 1.82) is 0 Å². The molecule has 2 nitrogen and oxygen atoms in total. The number of methoxy groups -OCH3 is 1. The Morgan fingerprint density at radius 3 is 2.79 bits per heavy atom. The van der Waals surface area contributed by atoms with Crippen molar-refractivity contribution in [2.45, 2.75) is 11.8 Å². The zero-order valence-corrected chi connectivity index (χ0v) is 9.87. The minimum atomic E-state index is 0.387. The van der Waals surface area contributed by atoms with Crippen LogP contribution in [0.25, 0.3) is 0 Å². The second-order valence-electron chi connectivity index (χ2n) is 2.63. The van der Waals surface area contributed by atoms with E-state index in [1.165, 1.54) is 0 Å². The van der Waals surface area contributed by atoms with Gasteiger partial charge in [-0.05, 0) is 17.9 Å². The van der Waals surface area contributed by atoms with Gasteiger partial charge in [0.2, 0.25) is 0 Å². The molecule has 0 unspecified atom stereocenters. The fraction of sp³-hybridized carbons (Fsp3) is 0.300. The van der Waals surface area contributed by atoms with Crippen LogP contribution in [0.2, 0.25) is 0 Å². The Morgan fingerprint density at radius 2 is 2.29 bits per heavy atom. The van der Waals surface area contributed by atoms with Gasteiger partial charge in [-0.2, -0.15) is 0 Å². The predicted molar refractivity (Wildman–Crippen MR) is 65.3 cm³/mol. The molecule has 14 heavy (non-hydrogen) atoms. The summed E-state index contributed by atoms with van der Waals surface area (Å²) < 4.78 is 5.21. The van der Waals surface area contributed by atoms with Crippen LogP contribution in [0.4, 0.5) is 0 Å². The summed E-state index contributed by atoms with van der Waals surface area (Å²) in [6, 6.07) is 5.82. The lowest BCUT2D eigenvalue weighted by Gasteiger charge is -2.11. The molecule has 0 amide bonds. The van der Waals surface area contributed by atoms with Crippen LogP contribution in [0.15, 0.2) is 23.1 Å². The third kappa shape index (κ3) is 2.39. The summed E-state index contributed by atoms with van der Waals surface area (Å²) in [5.74, 6) is 1.74. The summed E-state index contributed by atoms with van der Waals surface area (Å²) in [6.07, 6.45) is 0. The summed E-state index contributed by atoms with van der Waals surface area (Å²) in [7, 11) is 1.62. The van der Waals surface area contributed by atoms with Crippen molar-refractivity contribution >= 4 is 29.0 Å². The molecular weight excluding hydrogens is 214 g/mol. The van der Waals surface area contributed by atoms with Gasteiger partial charge in [-0.25, -0.2) is 0 Å². The van der Waals surface area contributed by atoms with Crippen LogP contribution in [0.5, 0.6) is 5.75 Å². The molecule has 0 atom stereocenters. The van der Waals surface area contributed by atoms with Gasteiger partial charge in [0.15, 0.2) is 0 Å². The van der Waals surface area contributed by atoms with Gasteiger partial charge < -0.3 is 10.5 Å². The molecular formula is C10H13NOS2. The number of thioether (sulfide) groups is 1. The Morgan fingerprint density at radius 1 is 1.57 bits per heavy atom. The highest BCUT2D eigenvalue weighted by Crippen LogP contribution is 2.29. The van der Waals surface area contributed by atoms with E-state index in [2.05, 4.69) is 6.92 Å². The molecule has 0 bridgehead atoms. The van der Waals surface area contributed by atoms with Crippen LogP contribution < -0.4 is 10.5 Å². The molecule has 1 aromatic carbocycles. The SMILES string of the molecule is CCSc1cccc(OC)c1C(N)=S. The van der Waals surface area contributed by atoms with E-state index < -0.39 is 0 Å². The van der Waals surface area contributed by atoms with Crippen molar-refractivity contribution in [2.75, 3.05) is 12.9 Å². The topological polar surface area (TPSA) is 35.2 Å². The summed E-state index contributed by atoms with van der Waals surface area (Å²) in [4.78, 5) is 1.47. The first-order valence-electron chi connectivity index (χ1n) is 4.30. The third-order valence-corrected chi connectivity index (χ3v) is 2.90. The number of hydrogen-bond donors (Lipinski definition) is 1. The molecule has 0 spiro atoms. The molecule has 0 radical (unpaired) electrons. The van der Waals surface area contributed by atoms with Gasteiger partial charge in [-0.3, -0.25) is 0 Å². The number of rotatable bonds is 4. The Kier molecular flexibility index (Phi) is 4.22. The molecule has 0 saturated heterocycles. The number of thiocarbonyl (C=S) groups is 1. The van der Waals surface area contributed by atoms with Crippen molar-refractivity contribution < 1.29 is 4.74 Å². The highest BCUT2D eigenvalue weighted by molar-refractivity contribution is 7.99. The Labute approximate surface area is 93.8 Å².